The van der Waals surface area contributed by atoms with Crippen molar-refractivity contribution in [2.75, 3.05) is 18.5 Å². The first kappa shape index (κ1) is 18.6. The number of benzene rings is 2. The van der Waals surface area contributed by atoms with Gasteiger partial charge >= 0.3 is 0 Å². The van der Waals surface area contributed by atoms with Crippen LogP contribution in [0.3, 0.4) is 0 Å². The highest BCUT2D eigenvalue weighted by Crippen LogP contribution is 2.20. The van der Waals surface area contributed by atoms with Crippen LogP contribution in [0.2, 0.25) is 0 Å². The Morgan fingerprint density at radius 2 is 1.75 bits per heavy atom. The lowest BCUT2D eigenvalue weighted by molar-refractivity contribution is 0.346. The minimum atomic E-state index is -3.46. The van der Waals surface area contributed by atoms with Crippen molar-refractivity contribution in [1.29, 1.82) is 0 Å². The molecule has 0 atom stereocenters. The van der Waals surface area contributed by atoms with Crippen molar-refractivity contribution in [3.05, 3.63) is 66.4 Å². The summed E-state index contributed by atoms with van der Waals surface area (Å²) < 4.78 is 26.8. The zero-order valence-electron chi connectivity index (χ0n) is 15.5. The first-order chi connectivity index (χ1) is 13.6. The second kappa shape index (κ2) is 8.08. The van der Waals surface area contributed by atoms with Crippen LogP contribution in [0.25, 0.3) is 10.8 Å². The number of rotatable bonds is 5. The highest BCUT2D eigenvalue weighted by atomic mass is 32.2. The minimum Gasteiger partial charge on any atom is -0.261 e. The molecule has 0 bridgehead atoms. The number of piperidine rings is 1. The number of fused-ring (bicyclic) bond motifs is 1. The summed E-state index contributed by atoms with van der Waals surface area (Å²) in [4.78, 5) is 4.41. The third-order valence-electron chi connectivity index (χ3n) is 4.86. The maximum absolute atomic E-state index is 12.6. The summed E-state index contributed by atoms with van der Waals surface area (Å²) in [6.45, 7) is 1.16. The first-order valence-electron chi connectivity index (χ1n) is 9.37. The van der Waals surface area contributed by atoms with Crippen molar-refractivity contribution in [3.8, 4) is 0 Å². The maximum Gasteiger partial charge on any atom is 0.244 e. The monoisotopic (exact) mass is 394 g/mol. The summed E-state index contributed by atoms with van der Waals surface area (Å²) >= 11 is 0. The summed E-state index contributed by atoms with van der Waals surface area (Å²) in [7, 11) is -3.46. The number of hydrogen-bond donors (Lipinski definition) is 1. The van der Waals surface area contributed by atoms with Gasteiger partial charge < -0.3 is 0 Å². The van der Waals surface area contributed by atoms with Crippen molar-refractivity contribution in [2.24, 2.45) is 5.10 Å². The zero-order chi connectivity index (χ0) is 19.4. The smallest absolute Gasteiger partial charge is 0.244 e. The van der Waals surface area contributed by atoms with E-state index in [1.807, 2.05) is 18.2 Å². The van der Waals surface area contributed by atoms with Crippen LogP contribution >= 0.6 is 0 Å². The lowest BCUT2D eigenvalue weighted by Gasteiger charge is -2.25. The van der Waals surface area contributed by atoms with Gasteiger partial charge in [0.1, 0.15) is 10.7 Å². The number of hydrazone groups is 1. The van der Waals surface area contributed by atoms with Gasteiger partial charge in [-0.3, -0.25) is 5.43 Å². The number of nitrogens with zero attached hydrogens (tertiary/aromatic N) is 3. The third-order valence-corrected chi connectivity index (χ3v) is 6.74. The SMILES string of the molecule is O=S(=O)(c1ccc(N/N=C/c2ccc3ccccc3c2)nc1)N1CCCCC1. The average Bonchev–Trinajstić information content (AvgIpc) is 2.75. The van der Waals surface area contributed by atoms with Gasteiger partial charge in [0.25, 0.3) is 0 Å². The van der Waals surface area contributed by atoms with Gasteiger partial charge in [-0.05, 0) is 47.4 Å². The Morgan fingerprint density at radius 3 is 2.50 bits per heavy atom. The number of anilines is 1. The Kier molecular flexibility index (Phi) is 5.36. The number of hydrogen-bond acceptors (Lipinski definition) is 5. The van der Waals surface area contributed by atoms with Crippen LogP contribution in [0.15, 0.2) is 70.8 Å². The molecule has 0 saturated carbocycles. The lowest BCUT2D eigenvalue weighted by Crippen LogP contribution is -2.35. The highest BCUT2D eigenvalue weighted by Gasteiger charge is 2.26. The average molecular weight is 395 g/mol. The summed E-state index contributed by atoms with van der Waals surface area (Å²) in [5.74, 6) is 0.495. The van der Waals surface area contributed by atoms with E-state index in [9.17, 15) is 8.42 Å². The van der Waals surface area contributed by atoms with E-state index in [4.69, 9.17) is 0 Å². The molecule has 1 aliphatic rings. The molecule has 0 amide bonds. The molecule has 3 aromatic rings. The topological polar surface area (TPSA) is 74.7 Å². The fraction of sp³-hybridized carbons (Fsp3) is 0.238. The van der Waals surface area contributed by atoms with Gasteiger partial charge in [-0.25, -0.2) is 13.4 Å². The second-order valence-electron chi connectivity index (χ2n) is 6.82. The molecule has 0 unspecified atom stereocenters. The maximum atomic E-state index is 12.6. The van der Waals surface area contributed by atoms with E-state index >= 15 is 0 Å². The van der Waals surface area contributed by atoms with Crippen molar-refractivity contribution in [3.63, 3.8) is 0 Å². The van der Waals surface area contributed by atoms with Gasteiger partial charge in [-0.15, -0.1) is 0 Å². The van der Waals surface area contributed by atoms with Crippen LogP contribution < -0.4 is 5.43 Å². The second-order valence-corrected chi connectivity index (χ2v) is 8.76. The predicted molar refractivity (Wildman–Crippen MR) is 112 cm³/mol. The Balaban J connectivity index is 1.43. The molecule has 6 nitrogen and oxygen atoms in total. The van der Waals surface area contributed by atoms with Crippen molar-refractivity contribution >= 4 is 32.8 Å². The third kappa shape index (κ3) is 4.05. The van der Waals surface area contributed by atoms with E-state index in [2.05, 4.69) is 39.8 Å². The first-order valence-corrected chi connectivity index (χ1v) is 10.8. The van der Waals surface area contributed by atoms with Gasteiger partial charge in [0.05, 0.1) is 6.21 Å². The molecule has 1 aliphatic heterocycles. The standard InChI is InChI=1S/C21H22N4O2S/c26-28(27,25-12-4-1-5-13-25)20-10-11-21(22-16-20)24-23-15-17-8-9-18-6-2-3-7-19(18)14-17/h2-3,6-11,14-16H,1,4-5,12-13H2,(H,22,24)/b23-15+. The molecule has 4 rings (SSSR count). The van der Waals surface area contributed by atoms with Gasteiger partial charge in [0.15, 0.2) is 0 Å². The largest absolute Gasteiger partial charge is 0.261 e. The van der Waals surface area contributed by atoms with E-state index in [-0.39, 0.29) is 4.90 Å². The molecule has 2 aromatic carbocycles. The van der Waals surface area contributed by atoms with Gasteiger partial charge in [-0.2, -0.15) is 9.41 Å². The summed E-state index contributed by atoms with van der Waals surface area (Å²) in [5.41, 5.74) is 3.82. The molecule has 1 saturated heterocycles. The molecular formula is C21H22N4O2S. The Labute approximate surface area is 165 Å². The van der Waals surface area contributed by atoms with E-state index in [1.165, 1.54) is 11.6 Å². The Morgan fingerprint density at radius 1 is 0.964 bits per heavy atom. The lowest BCUT2D eigenvalue weighted by atomic mass is 10.1. The van der Waals surface area contributed by atoms with Gasteiger partial charge in [0, 0.05) is 19.3 Å². The molecule has 2 heterocycles. The molecule has 0 spiro atoms. The molecule has 28 heavy (non-hydrogen) atoms. The molecule has 144 valence electrons. The van der Waals surface area contributed by atoms with Crippen molar-refractivity contribution in [2.45, 2.75) is 24.2 Å². The van der Waals surface area contributed by atoms with Crippen molar-refractivity contribution in [1.82, 2.24) is 9.29 Å². The van der Waals surface area contributed by atoms with Crippen LogP contribution in [-0.2, 0) is 10.0 Å². The highest BCUT2D eigenvalue weighted by molar-refractivity contribution is 7.89. The van der Waals surface area contributed by atoms with Crippen LogP contribution in [-0.4, -0.2) is 37.0 Å². The van der Waals surface area contributed by atoms with E-state index in [1.54, 1.807) is 22.7 Å². The van der Waals surface area contributed by atoms with E-state index < -0.39 is 10.0 Å². The molecule has 0 radical (unpaired) electrons. The zero-order valence-corrected chi connectivity index (χ0v) is 16.3. The van der Waals surface area contributed by atoms with Crippen LogP contribution in [0.5, 0.6) is 0 Å². The molecular weight excluding hydrogens is 372 g/mol. The molecule has 0 aliphatic carbocycles. The molecule has 1 fully saturated rings. The van der Waals surface area contributed by atoms with Crippen LogP contribution in [0.4, 0.5) is 5.82 Å². The minimum absolute atomic E-state index is 0.221. The fourth-order valence-electron chi connectivity index (χ4n) is 3.31. The van der Waals surface area contributed by atoms with Gasteiger partial charge in [-0.1, -0.05) is 42.8 Å². The number of nitrogens with one attached hydrogen (secondary N) is 1. The molecule has 1 aromatic heterocycles. The molecule has 1 N–H and O–H groups in total. The quantitative estimate of drug-likeness (QED) is 0.527. The summed E-state index contributed by atoms with van der Waals surface area (Å²) in [6.07, 6.45) is 6.01. The summed E-state index contributed by atoms with van der Waals surface area (Å²) in [6, 6.07) is 17.5. The van der Waals surface area contributed by atoms with E-state index in [0.717, 1.165) is 30.2 Å². The van der Waals surface area contributed by atoms with E-state index in [0.29, 0.717) is 18.9 Å². The van der Waals surface area contributed by atoms with Crippen LogP contribution in [0, 0.1) is 0 Å². The Bertz CT molecular complexity index is 1090. The number of pyridine rings is 1. The number of sulfonamides is 1. The normalized spacial score (nSPS) is 15.9. The summed E-state index contributed by atoms with van der Waals surface area (Å²) in [5, 5.41) is 6.53. The Hall–Kier alpha value is -2.77. The van der Waals surface area contributed by atoms with Gasteiger partial charge in [0.2, 0.25) is 10.0 Å². The van der Waals surface area contributed by atoms with Crippen molar-refractivity contribution < 1.29 is 8.42 Å². The molecule has 7 heteroatoms. The number of aromatic nitrogens is 1. The predicted octanol–water partition coefficient (Wildman–Crippen LogP) is 3.86. The fourth-order valence-corrected chi connectivity index (χ4v) is 4.78. The van der Waals surface area contributed by atoms with Crippen LogP contribution in [0.1, 0.15) is 24.8 Å².